The van der Waals surface area contributed by atoms with Crippen molar-refractivity contribution in [1.29, 1.82) is 0 Å². The summed E-state index contributed by atoms with van der Waals surface area (Å²) in [5.74, 6) is 1.10. The number of anilines is 1. The highest BCUT2D eigenvalue weighted by atomic mass is 16.5. The molecule has 0 saturated carbocycles. The maximum Gasteiger partial charge on any atom is 0.251 e. The predicted octanol–water partition coefficient (Wildman–Crippen LogP) is 0.333. The van der Waals surface area contributed by atoms with E-state index in [0.29, 0.717) is 30.2 Å². The smallest absolute Gasteiger partial charge is 0.251 e. The average Bonchev–Trinajstić information content (AvgIpc) is 3.13. The van der Waals surface area contributed by atoms with Crippen LogP contribution in [-0.2, 0) is 16.1 Å². The Morgan fingerprint density at radius 1 is 1.29 bits per heavy atom. The number of piperidine rings is 1. The molecule has 1 aromatic carbocycles. The molecule has 0 atom stereocenters. The van der Waals surface area contributed by atoms with Gasteiger partial charge in [0.2, 0.25) is 11.9 Å². The third-order valence-corrected chi connectivity index (χ3v) is 4.45. The Bertz CT molecular complexity index is 799. The number of ether oxygens (including phenoxy) is 2. The first kappa shape index (κ1) is 19.6. The minimum Gasteiger partial charge on any atom is -0.490 e. The Hall–Kier alpha value is -3.14. The fourth-order valence-electron chi connectivity index (χ4n) is 2.97. The Morgan fingerprint density at radius 3 is 2.61 bits per heavy atom. The van der Waals surface area contributed by atoms with Gasteiger partial charge in [-0.15, -0.1) is 5.10 Å². The van der Waals surface area contributed by atoms with Crippen molar-refractivity contribution in [3.8, 4) is 5.75 Å². The van der Waals surface area contributed by atoms with E-state index in [1.54, 1.807) is 29.2 Å². The highest BCUT2D eigenvalue weighted by Crippen LogP contribution is 2.20. The van der Waals surface area contributed by atoms with E-state index in [4.69, 9.17) is 15.2 Å². The molecule has 10 nitrogen and oxygen atoms in total. The number of hydrogen-bond donors (Lipinski definition) is 3. The van der Waals surface area contributed by atoms with E-state index in [1.807, 2.05) is 0 Å². The van der Waals surface area contributed by atoms with Gasteiger partial charge in [-0.1, -0.05) is 0 Å². The fraction of sp³-hybridized carbons (Fsp3) is 0.444. The SMILES string of the molecule is COCC(=O)N1CCC(Oc2ccc(C(=O)NCc3nc(N)n[nH]3)cc2)CC1. The monoisotopic (exact) mass is 388 g/mol. The molecule has 0 bridgehead atoms. The first-order valence-electron chi connectivity index (χ1n) is 9.03. The summed E-state index contributed by atoms with van der Waals surface area (Å²) < 4.78 is 10.9. The van der Waals surface area contributed by atoms with Crippen molar-refractivity contribution < 1.29 is 19.1 Å². The first-order valence-corrected chi connectivity index (χ1v) is 9.03. The van der Waals surface area contributed by atoms with Crippen molar-refractivity contribution in [2.75, 3.05) is 32.5 Å². The van der Waals surface area contributed by atoms with Crippen molar-refractivity contribution in [3.63, 3.8) is 0 Å². The first-order chi connectivity index (χ1) is 13.5. The van der Waals surface area contributed by atoms with E-state index >= 15 is 0 Å². The topological polar surface area (TPSA) is 135 Å². The molecule has 0 unspecified atom stereocenters. The molecule has 0 radical (unpaired) electrons. The van der Waals surface area contributed by atoms with Crippen molar-refractivity contribution in [1.82, 2.24) is 25.4 Å². The predicted molar refractivity (Wildman–Crippen MR) is 101 cm³/mol. The number of rotatable bonds is 7. The normalized spacial score (nSPS) is 14.7. The molecule has 10 heteroatoms. The Kier molecular flexibility index (Phi) is 6.43. The molecule has 1 fully saturated rings. The number of nitrogens with two attached hydrogens (primary N) is 1. The number of H-pyrrole nitrogens is 1. The Morgan fingerprint density at radius 2 is 2.00 bits per heavy atom. The summed E-state index contributed by atoms with van der Waals surface area (Å²) in [6.45, 7) is 1.62. The lowest BCUT2D eigenvalue weighted by molar-refractivity contribution is -0.136. The van der Waals surface area contributed by atoms with Crippen LogP contribution in [0.25, 0.3) is 0 Å². The van der Waals surface area contributed by atoms with Crippen molar-refractivity contribution in [2.24, 2.45) is 0 Å². The number of carbonyl (C=O) groups excluding carboxylic acids is 2. The van der Waals surface area contributed by atoms with Crippen LogP contribution < -0.4 is 15.8 Å². The van der Waals surface area contributed by atoms with Gasteiger partial charge in [0.15, 0.2) is 0 Å². The molecule has 2 amide bonds. The van der Waals surface area contributed by atoms with E-state index < -0.39 is 0 Å². The lowest BCUT2D eigenvalue weighted by atomic mass is 10.1. The van der Waals surface area contributed by atoms with E-state index in [2.05, 4.69) is 20.5 Å². The molecule has 4 N–H and O–H groups in total. The number of aromatic amines is 1. The van der Waals surface area contributed by atoms with E-state index in [0.717, 1.165) is 12.8 Å². The molecule has 1 aromatic heterocycles. The van der Waals surface area contributed by atoms with Gasteiger partial charge in [0.1, 0.15) is 24.3 Å². The zero-order valence-electron chi connectivity index (χ0n) is 15.7. The number of methoxy groups -OCH3 is 1. The summed E-state index contributed by atoms with van der Waals surface area (Å²) in [5, 5.41) is 9.07. The quantitative estimate of drug-likeness (QED) is 0.622. The number of nitrogens with zero attached hydrogens (tertiary/aromatic N) is 3. The van der Waals surface area contributed by atoms with E-state index in [9.17, 15) is 9.59 Å². The molecule has 0 spiro atoms. The molecule has 150 valence electrons. The van der Waals surface area contributed by atoms with Crippen LogP contribution in [0.3, 0.4) is 0 Å². The number of likely N-dealkylation sites (tertiary alicyclic amines) is 1. The second-order valence-electron chi connectivity index (χ2n) is 6.48. The molecule has 1 saturated heterocycles. The average molecular weight is 388 g/mol. The third-order valence-electron chi connectivity index (χ3n) is 4.45. The van der Waals surface area contributed by atoms with Crippen LogP contribution in [-0.4, -0.2) is 64.8 Å². The number of nitrogens with one attached hydrogen (secondary N) is 2. The lowest BCUT2D eigenvalue weighted by Crippen LogP contribution is -2.43. The number of hydrogen-bond acceptors (Lipinski definition) is 7. The molecule has 2 aromatic rings. The number of nitrogen functional groups attached to an aromatic ring is 1. The molecule has 28 heavy (non-hydrogen) atoms. The summed E-state index contributed by atoms with van der Waals surface area (Å²) in [7, 11) is 1.52. The number of amides is 2. The fourth-order valence-corrected chi connectivity index (χ4v) is 2.97. The number of aromatic nitrogens is 3. The molecular formula is C18H24N6O4. The molecule has 0 aliphatic carbocycles. The largest absolute Gasteiger partial charge is 0.490 e. The van der Waals surface area contributed by atoms with Crippen LogP contribution in [0.5, 0.6) is 5.75 Å². The molecule has 3 rings (SSSR count). The molecule has 1 aliphatic heterocycles. The molecule has 2 heterocycles. The minimum absolute atomic E-state index is 0.00401. The van der Waals surface area contributed by atoms with Crippen molar-refractivity contribution >= 4 is 17.8 Å². The van der Waals surface area contributed by atoms with Gasteiger partial charge in [0.05, 0.1) is 6.54 Å². The minimum atomic E-state index is -0.230. The number of benzene rings is 1. The van der Waals surface area contributed by atoms with Crippen LogP contribution in [0.4, 0.5) is 5.95 Å². The van der Waals surface area contributed by atoms with Crippen LogP contribution in [0.15, 0.2) is 24.3 Å². The Labute approximate surface area is 162 Å². The maximum absolute atomic E-state index is 12.2. The number of carbonyl (C=O) groups is 2. The highest BCUT2D eigenvalue weighted by molar-refractivity contribution is 5.94. The summed E-state index contributed by atoms with van der Waals surface area (Å²) in [6, 6.07) is 6.95. The van der Waals surface area contributed by atoms with Gasteiger partial charge in [0, 0.05) is 38.6 Å². The Balaban J connectivity index is 1.45. The van der Waals surface area contributed by atoms with Crippen LogP contribution in [0.2, 0.25) is 0 Å². The summed E-state index contributed by atoms with van der Waals surface area (Å²) in [6.07, 6.45) is 1.57. The van der Waals surface area contributed by atoms with E-state index in [-0.39, 0.29) is 37.0 Å². The van der Waals surface area contributed by atoms with Gasteiger partial charge < -0.3 is 25.4 Å². The second-order valence-corrected chi connectivity index (χ2v) is 6.48. The summed E-state index contributed by atoms with van der Waals surface area (Å²) >= 11 is 0. The van der Waals surface area contributed by atoms with Crippen LogP contribution in [0, 0.1) is 0 Å². The van der Waals surface area contributed by atoms with Gasteiger partial charge >= 0.3 is 0 Å². The van der Waals surface area contributed by atoms with Gasteiger partial charge in [-0.25, -0.2) is 0 Å². The van der Waals surface area contributed by atoms with Gasteiger partial charge in [-0.05, 0) is 24.3 Å². The summed E-state index contributed by atoms with van der Waals surface area (Å²) in [5.41, 5.74) is 5.93. The molecule has 1 aliphatic rings. The third kappa shape index (κ3) is 5.19. The summed E-state index contributed by atoms with van der Waals surface area (Å²) in [4.78, 5) is 29.7. The van der Waals surface area contributed by atoms with Crippen LogP contribution >= 0.6 is 0 Å². The van der Waals surface area contributed by atoms with Gasteiger partial charge in [0.25, 0.3) is 5.91 Å². The van der Waals surface area contributed by atoms with Crippen molar-refractivity contribution in [3.05, 3.63) is 35.7 Å². The van der Waals surface area contributed by atoms with Crippen molar-refractivity contribution in [2.45, 2.75) is 25.5 Å². The van der Waals surface area contributed by atoms with E-state index in [1.165, 1.54) is 7.11 Å². The van der Waals surface area contributed by atoms with Gasteiger partial charge in [-0.2, -0.15) is 4.98 Å². The maximum atomic E-state index is 12.2. The van der Waals surface area contributed by atoms with Crippen LogP contribution in [0.1, 0.15) is 29.0 Å². The zero-order chi connectivity index (χ0) is 19.9. The lowest BCUT2D eigenvalue weighted by Gasteiger charge is -2.32. The second kappa shape index (κ2) is 9.18. The highest BCUT2D eigenvalue weighted by Gasteiger charge is 2.23. The zero-order valence-corrected chi connectivity index (χ0v) is 15.7. The van der Waals surface area contributed by atoms with Gasteiger partial charge in [-0.3, -0.25) is 14.7 Å². The standard InChI is InChI=1S/C18H24N6O4/c1-27-11-16(25)24-8-6-14(7-9-24)28-13-4-2-12(3-5-13)17(26)20-10-15-21-18(19)23-22-15/h2-5,14H,6-11H2,1H3,(H,20,26)(H3,19,21,22,23). The molecular weight excluding hydrogens is 364 g/mol.